The van der Waals surface area contributed by atoms with Crippen molar-refractivity contribution in [2.45, 2.75) is 20.1 Å². The second-order valence-corrected chi connectivity index (χ2v) is 8.72. The molecule has 0 radical (unpaired) electrons. The van der Waals surface area contributed by atoms with E-state index in [0.29, 0.717) is 36.2 Å². The van der Waals surface area contributed by atoms with Crippen molar-refractivity contribution in [2.24, 2.45) is 0 Å². The van der Waals surface area contributed by atoms with E-state index in [0.717, 1.165) is 17.4 Å². The van der Waals surface area contributed by atoms with Gasteiger partial charge in [-0.1, -0.05) is 11.2 Å². The number of carbonyl (C=O) groups excluding carboxylic acids is 1. The van der Waals surface area contributed by atoms with Crippen molar-refractivity contribution >= 4 is 22.4 Å². The van der Waals surface area contributed by atoms with Gasteiger partial charge in [-0.05, 0) is 48.6 Å². The molecule has 0 saturated heterocycles. The average Bonchev–Trinajstić information content (AvgIpc) is 3.34. The molecule has 0 spiro atoms. The number of amides is 1. The maximum absolute atomic E-state index is 14.8. The van der Waals surface area contributed by atoms with Crippen molar-refractivity contribution in [3.63, 3.8) is 0 Å². The number of halogens is 3. The molecule has 4 heterocycles. The molecule has 5 rings (SSSR count). The van der Waals surface area contributed by atoms with Crippen molar-refractivity contribution in [2.75, 3.05) is 18.5 Å². The fourth-order valence-electron chi connectivity index (χ4n) is 3.58. The van der Waals surface area contributed by atoms with E-state index in [4.69, 9.17) is 14.2 Å². The summed E-state index contributed by atoms with van der Waals surface area (Å²) in [5, 5.41) is 10.6. The minimum atomic E-state index is -3.19. The first-order chi connectivity index (χ1) is 18.4. The first kappa shape index (κ1) is 25.2. The van der Waals surface area contributed by atoms with E-state index in [1.54, 1.807) is 19.1 Å². The molecule has 0 aliphatic carbocycles. The van der Waals surface area contributed by atoms with Crippen LogP contribution in [0, 0.1) is 12.7 Å². The van der Waals surface area contributed by atoms with E-state index >= 15 is 0 Å². The van der Waals surface area contributed by atoms with E-state index in [1.807, 2.05) is 0 Å². The fourth-order valence-corrected chi connectivity index (χ4v) is 4.17. The number of ether oxygens (including phenoxy) is 4. The zero-order chi connectivity index (χ0) is 26.6. The van der Waals surface area contributed by atoms with Gasteiger partial charge in [-0.15, -0.1) is 5.10 Å². The molecular formula is C24H18F3N5O5S. The number of carbonyl (C=O) groups is 1. The molecule has 4 aromatic rings. The largest absolute Gasteiger partial charge is 0.484 e. The van der Waals surface area contributed by atoms with Gasteiger partial charge in [-0.25, -0.2) is 9.37 Å². The van der Waals surface area contributed by atoms with Crippen LogP contribution < -0.4 is 24.3 Å². The van der Waals surface area contributed by atoms with Gasteiger partial charge in [0, 0.05) is 17.5 Å². The molecule has 1 aliphatic rings. The highest BCUT2D eigenvalue weighted by Crippen LogP contribution is 2.36. The lowest BCUT2D eigenvalue weighted by Gasteiger charge is -2.17. The van der Waals surface area contributed by atoms with Gasteiger partial charge in [0.25, 0.3) is 17.0 Å². The van der Waals surface area contributed by atoms with Crippen LogP contribution in [0.3, 0.4) is 0 Å². The molecule has 196 valence electrons. The molecule has 0 bridgehead atoms. The lowest BCUT2D eigenvalue weighted by Crippen LogP contribution is -2.17. The second kappa shape index (κ2) is 10.9. The third kappa shape index (κ3) is 5.59. The maximum Gasteiger partial charge on any atom is 0.387 e. The molecule has 0 atom stereocenters. The Bertz CT molecular complexity index is 1490. The molecule has 0 fully saturated rings. The van der Waals surface area contributed by atoms with Crippen LogP contribution in [0.25, 0.3) is 11.1 Å². The number of nitrogens with zero attached hydrogens (tertiary/aromatic N) is 4. The monoisotopic (exact) mass is 545 g/mol. The van der Waals surface area contributed by atoms with E-state index in [2.05, 4.69) is 30.2 Å². The predicted octanol–water partition coefficient (Wildman–Crippen LogP) is 4.65. The summed E-state index contributed by atoms with van der Waals surface area (Å²) >= 11 is 0.945. The summed E-state index contributed by atoms with van der Waals surface area (Å²) in [5.74, 6) is -1.05. The second-order valence-electron chi connectivity index (χ2n) is 7.78. The Hall–Kier alpha value is -4.46. The predicted molar refractivity (Wildman–Crippen MR) is 128 cm³/mol. The summed E-state index contributed by atoms with van der Waals surface area (Å²) in [6.45, 7) is -0.655. The van der Waals surface area contributed by atoms with Crippen LogP contribution in [-0.2, 0) is 6.61 Å². The van der Waals surface area contributed by atoms with Crippen molar-refractivity contribution < 1.29 is 36.9 Å². The Labute approximate surface area is 217 Å². The molecule has 1 aromatic carbocycles. The molecule has 10 nitrogen and oxygen atoms in total. The Kier molecular flexibility index (Phi) is 7.22. The number of rotatable bonds is 8. The average molecular weight is 545 g/mol. The number of pyridine rings is 2. The van der Waals surface area contributed by atoms with Crippen LogP contribution >= 0.6 is 11.3 Å². The van der Waals surface area contributed by atoms with Gasteiger partial charge in [-0.3, -0.25) is 15.1 Å². The summed E-state index contributed by atoms with van der Waals surface area (Å²) < 4.78 is 61.7. The van der Waals surface area contributed by atoms with Crippen LogP contribution in [0.5, 0.6) is 22.6 Å². The molecular weight excluding hydrogens is 527 g/mol. The quantitative estimate of drug-likeness (QED) is 0.338. The summed E-state index contributed by atoms with van der Waals surface area (Å²) in [4.78, 5) is 21.5. The summed E-state index contributed by atoms with van der Waals surface area (Å²) in [6.07, 6.45) is 1.21. The number of aryl methyl sites for hydroxylation is 1. The first-order valence-electron chi connectivity index (χ1n) is 11.1. The minimum Gasteiger partial charge on any atom is -0.484 e. The molecule has 38 heavy (non-hydrogen) atoms. The number of hydrogen-bond acceptors (Lipinski definition) is 10. The van der Waals surface area contributed by atoms with E-state index in [-0.39, 0.29) is 33.6 Å². The first-order valence-corrected chi connectivity index (χ1v) is 11.9. The van der Waals surface area contributed by atoms with Gasteiger partial charge in [0.1, 0.15) is 31.4 Å². The highest BCUT2D eigenvalue weighted by molar-refractivity contribution is 7.17. The van der Waals surface area contributed by atoms with Crippen molar-refractivity contribution in [3.05, 3.63) is 65.4 Å². The van der Waals surface area contributed by atoms with E-state index in [1.165, 1.54) is 24.4 Å². The molecule has 1 aliphatic heterocycles. The Balaban J connectivity index is 1.32. The van der Waals surface area contributed by atoms with Crippen molar-refractivity contribution in [3.8, 4) is 33.7 Å². The van der Waals surface area contributed by atoms with Gasteiger partial charge in [0.2, 0.25) is 5.13 Å². The third-order valence-corrected chi connectivity index (χ3v) is 5.93. The van der Waals surface area contributed by atoms with Gasteiger partial charge < -0.3 is 18.9 Å². The SMILES string of the molecule is Cc1cc(-c2c(F)cccc2OC(F)F)c(C(=O)Nc2nnc(OCc3ccc4c(n3)OCCO4)s2)cn1. The minimum absolute atomic E-state index is 0.0226. The Morgan fingerprint density at radius 1 is 1.18 bits per heavy atom. The van der Waals surface area contributed by atoms with Crippen LogP contribution in [0.15, 0.2) is 42.6 Å². The molecule has 0 unspecified atom stereocenters. The van der Waals surface area contributed by atoms with Crippen LogP contribution in [0.1, 0.15) is 21.7 Å². The fraction of sp³-hybridized carbons (Fsp3) is 0.208. The molecule has 3 aromatic heterocycles. The molecule has 14 heteroatoms. The van der Waals surface area contributed by atoms with E-state index in [9.17, 15) is 18.0 Å². The number of hydrogen-bond donors (Lipinski definition) is 1. The standard InChI is InChI=1S/C24H18F3N5O5S/c1-12-9-14(19-16(25)3-2-4-17(19)37-22(26)27)15(10-28-12)20(33)30-23-31-32-24(38-23)36-11-13-5-6-18-21(29-13)35-8-7-34-18/h2-6,9-10,22H,7-8,11H2,1H3,(H,30,31,33). The Morgan fingerprint density at radius 3 is 2.87 bits per heavy atom. The van der Waals surface area contributed by atoms with Crippen LogP contribution in [-0.4, -0.2) is 45.9 Å². The molecule has 1 amide bonds. The van der Waals surface area contributed by atoms with Gasteiger partial charge in [0.05, 0.1) is 16.8 Å². The molecule has 0 saturated carbocycles. The number of fused-ring (bicyclic) bond motifs is 1. The number of aromatic nitrogens is 4. The number of benzene rings is 1. The Morgan fingerprint density at radius 2 is 2.03 bits per heavy atom. The summed E-state index contributed by atoms with van der Waals surface area (Å²) in [6, 6.07) is 8.35. The highest BCUT2D eigenvalue weighted by Gasteiger charge is 2.23. The van der Waals surface area contributed by atoms with Crippen molar-refractivity contribution in [1.82, 2.24) is 20.2 Å². The van der Waals surface area contributed by atoms with Gasteiger partial charge in [-0.2, -0.15) is 8.78 Å². The summed E-state index contributed by atoms with van der Waals surface area (Å²) in [7, 11) is 0. The lowest BCUT2D eigenvalue weighted by atomic mass is 9.98. The van der Waals surface area contributed by atoms with Crippen LogP contribution in [0.2, 0.25) is 0 Å². The normalized spacial score (nSPS) is 12.3. The number of anilines is 1. The lowest BCUT2D eigenvalue weighted by molar-refractivity contribution is -0.0495. The van der Waals surface area contributed by atoms with Crippen molar-refractivity contribution in [1.29, 1.82) is 0 Å². The topological polar surface area (TPSA) is 118 Å². The number of alkyl halides is 2. The van der Waals surface area contributed by atoms with Gasteiger partial charge in [0.15, 0.2) is 5.75 Å². The van der Waals surface area contributed by atoms with E-state index < -0.39 is 24.1 Å². The molecule has 1 N–H and O–H groups in total. The van der Waals surface area contributed by atoms with Crippen LogP contribution in [0.4, 0.5) is 18.3 Å². The highest BCUT2D eigenvalue weighted by atomic mass is 32.1. The zero-order valence-electron chi connectivity index (χ0n) is 19.6. The number of nitrogens with one attached hydrogen (secondary N) is 1. The van der Waals surface area contributed by atoms with Gasteiger partial charge >= 0.3 is 6.61 Å². The zero-order valence-corrected chi connectivity index (χ0v) is 20.4. The smallest absolute Gasteiger partial charge is 0.387 e. The summed E-state index contributed by atoms with van der Waals surface area (Å²) in [5.41, 5.74) is 0.642. The third-order valence-electron chi connectivity index (χ3n) is 5.18. The maximum atomic E-state index is 14.8.